The summed E-state index contributed by atoms with van der Waals surface area (Å²) in [6.07, 6.45) is 0. The molecule has 21 heavy (non-hydrogen) atoms. The molecule has 0 fully saturated rings. The van der Waals surface area contributed by atoms with E-state index >= 15 is 0 Å². The summed E-state index contributed by atoms with van der Waals surface area (Å²) in [6.45, 7) is 6.11. The molecule has 6 heteroatoms. The number of rotatable bonds is 6. The first-order valence-corrected chi connectivity index (χ1v) is 6.94. The van der Waals surface area contributed by atoms with Crippen LogP contribution >= 0.6 is 0 Å². The molecule has 0 radical (unpaired) electrons. The van der Waals surface area contributed by atoms with Crippen molar-refractivity contribution in [1.82, 2.24) is 10.5 Å². The van der Waals surface area contributed by atoms with E-state index in [1.165, 1.54) is 0 Å². The third-order valence-electron chi connectivity index (χ3n) is 3.17. The van der Waals surface area contributed by atoms with Gasteiger partial charge in [0.05, 0.1) is 5.69 Å². The summed E-state index contributed by atoms with van der Waals surface area (Å²) in [4.78, 5) is 0. The topological polar surface area (TPSA) is 65.8 Å². The van der Waals surface area contributed by atoms with Crippen LogP contribution in [0.25, 0.3) is 0 Å². The largest absolute Gasteiger partial charge is 0.485 e. The third-order valence-corrected chi connectivity index (χ3v) is 3.17. The lowest BCUT2D eigenvalue weighted by molar-refractivity contribution is 0.173. The maximum absolute atomic E-state index is 5.85. The summed E-state index contributed by atoms with van der Waals surface area (Å²) < 4.78 is 21.8. The Kier molecular flexibility index (Phi) is 3.96. The maximum atomic E-state index is 5.85. The van der Waals surface area contributed by atoms with Crippen LogP contribution in [0.15, 0.2) is 22.7 Å². The van der Waals surface area contributed by atoms with E-state index in [-0.39, 0.29) is 6.79 Å². The second-order valence-corrected chi connectivity index (χ2v) is 4.82. The molecule has 0 unspecified atom stereocenters. The predicted molar refractivity (Wildman–Crippen MR) is 75.5 cm³/mol. The standard InChI is InChI=1S/C15H18N2O4/c1-3-16-7-11-5-14-15(20-9-19-14)6-13(11)18-8-12-4-10(2)17-21-12/h4-6,16H,3,7-9H2,1-2H3. The summed E-state index contributed by atoms with van der Waals surface area (Å²) in [6, 6.07) is 5.67. The average Bonchev–Trinajstić information content (AvgIpc) is 3.10. The Hall–Kier alpha value is -2.21. The molecule has 0 atom stereocenters. The summed E-state index contributed by atoms with van der Waals surface area (Å²) in [5.74, 6) is 2.92. The van der Waals surface area contributed by atoms with Crippen LogP contribution in [0.4, 0.5) is 0 Å². The highest BCUT2D eigenvalue weighted by Gasteiger charge is 2.18. The lowest BCUT2D eigenvalue weighted by Gasteiger charge is -2.12. The summed E-state index contributed by atoms with van der Waals surface area (Å²) in [5.41, 5.74) is 1.87. The van der Waals surface area contributed by atoms with E-state index in [9.17, 15) is 0 Å². The molecule has 2 aromatic rings. The molecule has 0 spiro atoms. The van der Waals surface area contributed by atoms with Crippen molar-refractivity contribution in [3.05, 3.63) is 35.2 Å². The minimum Gasteiger partial charge on any atom is -0.485 e. The summed E-state index contributed by atoms with van der Waals surface area (Å²) in [7, 11) is 0. The zero-order valence-corrected chi connectivity index (χ0v) is 12.1. The Morgan fingerprint density at radius 1 is 1.24 bits per heavy atom. The summed E-state index contributed by atoms with van der Waals surface area (Å²) >= 11 is 0. The van der Waals surface area contributed by atoms with Gasteiger partial charge in [0, 0.05) is 24.2 Å². The molecule has 1 N–H and O–H groups in total. The molecule has 0 aliphatic carbocycles. The second-order valence-electron chi connectivity index (χ2n) is 4.82. The van der Waals surface area contributed by atoms with Crippen molar-refractivity contribution >= 4 is 0 Å². The fourth-order valence-electron chi connectivity index (χ4n) is 2.13. The number of hydrogen-bond donors (Lipinski definition) is 1. The van der Waals surface area contributed by atoms with Crippen molar-refractivity contribution in [2.75, 3.05) is 13.3 Å². The van der Waals surface area contributed by atoms with Crippen LogP contribution in [0.5, 0.6) is 17.2 Å². The minimum absolute atomic E-state index is 0.251. The van der Waals surface area contributed by atoms with Crippen LogP contribution < -0.4 is 19.5 Å². The number of nitrogens with one attached hydrogen (secondary N) is 1. The van der Waals surface area contributed by atoms with Crippen LogP contribution in [-0.4, -0.2) is 18.5 Å². The van der Waals surface area contributed by atoms with E-state index in [1.54, 1.807) is 0 Å². The van der Waals surface area contributed by atoms with Gasteiger partial charge in [-0.25, -0.2) is 0 Å². The second kappa shape index (κ2) is 6.05. The normalized spacial score (nSPS) is 12.7. The first-order valence-electron chi connectivity index (χ1n) is 6.94. The molecule has 112 valence electrons. The van der Waals surface area contributed by atoms with Gasteiger partial charge < -0.3 is 24.1 Å². The first kappa shape index (κ1) is 13.8. The zero-order valence-electron chi connectivity index (χ0n) is 12.1. The van der Waals surface area contributed by atoms with E-state index in [0.717, 1.165) is 29.3 Å². The van der Waals surface area contributed by atoms with Crippen molar-refractivity contribution < 1.29 is 18.7 Å². The number of nitrogens with zero attached hydrogens (tertiary/aromatic N) is 1. The van der Waals surface area contributed by atoms with E-state index in [2.05, 4.69) is 17.4 Å². The van der Waals surface area contributed by atoms with E-state index < -0.39 is 0 Å². The van der Waals surface area contributed by atoms with Gasteiger partial charge in [0.25, 0.3) is 0 Å². The van der Waals surface area contributed by atoms with Gasteiger partial charge in [-0.15, -0.1) is 0 Å². The summed E-state index contributed by atoms with van der Waals surface area (Å²) in [5, 5.41) is 7.13. The Morgan fingerprint density at radius 3 is 2.76 bits per heavy atom. The predicted octanol–water partition coefficient (Wildman–Crippen LogP) is 2.40. The molecule has 0 bridgehead atoms. The fourth-order valence-corrected chi connectivity index (χ4v) is 2.13. The third kappa shape index (κ3) is 3.11. The molecule has 6 nitrogen and oxygen atoms in total. The Balaban J connectivity index is 1.78. The SMILES string of the molecule is CCNCc1cc2c(cc1OCc1cc(C)no1)OCO2. The highest BCUT2D eigenvalue weighted by molar-refractivity contribution is 5.51. The van der Waals surface area contributed by atoms with E-state index in [4.69, 9.17) is 18.7 Å². The van der Waals surface area contributed by atoms with E-state index in [0.29, 0.717) is 24.7 Å². The molecular formula is C15H18N2O4. The lowest BCUT2D eigenvalue weighted by Crippen LogP contribution is -2.13. The lowest BCUT2D eigenvalue weighted by atomic mass is 10.1. The number of benzene rings is 1. The van der Waals surface area contributed by atoms with Crippen molar-refractivity contribution in [1.29, 1.82) is 0 Å². The monoisotopic (exact) mass is 290 g/mol. The quantitative estimate of drug-likeness (QED) is 0.881. The van der Waals surface area contributed by atoms with Crippen LogP contribution in [-0.2, 0) is 13.2 Å². The highest BCUT2D eigenvalue weighted by atomic mass is 16.7. The molecule has 1 aromatic carbocycles. The Morgan fingerprint density at radius 2 is 2.05 bits per heavy atom. The molecule has 0 amide bonds. The maximum Gasteiger partial charge on any atom is 0.231 e. The van der Waals surface area contributed by atoms with Gasteiger partial charge in [0.1, 0.15) is 12.4 Å². The number of ether oxygens (including phenoxy) is 3. The van der Waals surface area contributed by atoms with E-state index in [1.807, 2.05) is 25.1 Å². The molecule has 0 saturated heterocycles. The number of aromatic nitrogens is 1. The number of fused-ring (bicyclic) bond motifs is 1. The van der Waals surface area contributed by atoms with Crippen molar-refractivity contribution in [2.45, 2.75) is 27.0 Å². The molecular weight excluding hydrogens is 272 g/mol. The Bertz CT molecular complexity index is 624. The van der Waals surface area contributed by atoms with Crippen molar-refractivity contribution in [3.63, 3.8) is 0 Å². The highest BCUT2D eigenvalue weighted by Crippen LogP contribution is 2.38. The van der Waals surface area contributed by atoms with Gasteiger partial charge in [-0.2, -0.15) is 0 Å². The molecule has 1 aliphatic rings. The van der Waals surface area contributed by atoms with Crippen LogP contribution in [0.3, 0.4) is 0 Å². The molecule has 0 saturated carbocycles. The smallest absolute Gasteiger partial charge is 0.231 e. The van der Waals surface area contributed by atoms with Crippen molar-refractivity contribution in [3.8, 4) is 17.2 Å². The van der Waals surface area contributed by atoms with Gasteiger partial charge in [-0.05, 0) is 19.5 Å². The molecule has 1 aliphatic heterocycles. The molecule has 1 aromatic heterocycles. The van der Waals surface area contributed by atoms with Gasteiger partial charge >= 0.3 is 0 Å². The van der Waals surface area contributed by atoms with Crippen LogP contribution in [0, 0.1) is 6.92 Å². The average molecular weight is 290 g/mol. The van der Waals surface area contributed by atoms with Crippen LogP contribution in [0.2, 0.25) is 0 Å². The first-order chi connectivity index (χ1) is 10.3. The molecule has 2 heterocycles. The number of hydrogen-bond acceptors (Lipinski definition) is 6. The van der Waals surface area contributed by atoms with Gasteiger partial charge in [0.15, 0.2) is 17.3 Å². The van der Waals surface area contributed by atoms with Gasteiger partial charge in [0.2, 0.25) is 6.79 Å². The fraction of sp³-hybridized carbons (Fsp3) is 0.400. The van der Waals surface area contributed by atoms with Crippen molar-refractivity contribution in [2.24, 2.45) is 0 Å². The van der Waals surface area contributed by atoms with Gasteiger partial charge in [-0.1, -0.05) is 12.1 Å². The minimum atomic E-state index is 0.251. The number of aryl methyl sites for hydroxylation is 1. The molecule has 3 rings (SSSR count). The van der Waals surface area contributed by atoms with Crippen LogP contribution in [0.1, 0.15) is 23.9 Å². The van der Waals surface area contributed by atoms with Gasteiger partial charge in [-0.3, -0.25) is 0 Å². The zero-order chi connectivity index (χ0) is 14.7. The Labute approximate surface area is 123 Å².